The van der Waals surface area contributed by atoms with Gasteiger partial charge in [-0.1, -0.05) is 30.3 Å². The normalized spacial score (nSPS) is 19.3. The topological polar surface area (TPSA) is 35.9 Å². The van der Waals surface area contributed by atoms with Crippen LogP contribution in [-0.2, 0) is 11.3 Å². The van der Waals surface area contributed by atoms with Crippen LogP contribution >= 0.6 is 0 Å². The number of ether oxygens (including phenoxy) is 1. The molecule has 2 rings (SSSR count). The number of nitrogens with zero attached hydrogens (tertiary/aromatic N) is 2. The van der Waals surface area contributed by atoms with E-state index in [1.54, 1.807) is 0 Å². The van der Waals surface area contributed by atoms with Gasteiger partial charge in [-0.3, -0.25) is 9.80 Å². The Kier molecular flexibility index (Phi) is 7.33. The fraction of sp³-hybridized carbons (Fsp3) is 0.667. The zero-order valence-electron chi connectivity index (χ0n) is 13.9. The maximum atomic E-state index is 10.1. The predicted octanol–water partition coefficient (Wildman–Crippen LogP) is 1.98. The van der Waals surface area contributed by atoms with Crippen molar-refractivity contribution < 1.29 is 9.84 Å². The smallest absolute Gasteiger partial charge is 0.0900 e. The van der Waals surface area contributed by atoms with Gasteiger partial charge in [0.2, 0.25) is 0 Å². The molecule has 22 heavy (non-hydrogen) atoms. The highest BCUT2D eigenvalue weighted by molar-refractivity contribution is 5.14. The van der Waals surface area contributed by atoms with Crippen molar-refractivity contribution in [3.05, 3.63) is 35.9 Å². The number of hydrogen-bond acceptors (Lipinski definition) is 4. The number of aliphatic hydroxyl groups excluding tert-OH is 1. The summed E-state index contributed by atoms with van der Waals surface area (Å²) in [5.74, 6) is 0. The Morgan fingerprint density at radius 1 is 1.05 bits per heavy atom. The fourth-order valence-corrected chi connectivity index (χ4v) is 2.86. The standard InChI is InChI=1S/C18H30N2O2/c1-16(2)22-15-18(21)14-20-10-6-9-19(11-12-20)13-17-7-4-3-5-8-17/h3-5,7-8,16,18,21H,6,9-15H2,1-2H3. The highest BCUT2D eigenvalue weighted by Crippen LogP contribution is 2.09. The second-order valence-corrected chi connectivity index (χ2v) is 6.45. The molecule has 0 bridgehead atoms. The minimum atomic E-state index is -0.386. The molecule has 1 aliphatic rings. The van der Waals surface area contributed by atoms with E-state index in [-0.39, 0.29) is 12.2 Å². The molecule has 124 valence electrons. The Balaban J connectivity index is 1.72. The van der Waals surface area contributed by atoms with Gasteiger partial charge in [-0.15, -0.1) is 0 Å². The van der Waals surface area contributed by atoms with E-state index in [4.69, 9.17) is 4.74 Å². The van der Waals surface area contributed by atoms with E-state index in [9.17, 15) is 5.11 Å². The van der Waals surface area contributed by atoms with Crippen molar-refractivity contribution in [3.63, 3.8) is 0 Å². The number of rotatable bonds is 7. The molecule has 4 heteroatoms. The lowest BCUT2D eigenvalue weighted by Crippen LogP contribution is -2.38. The van der Waals surface area contributed by atoms with Gasteiger partial charge in [0.1, 0.15) is 0 Å². The minimum absolute atomic E-state index is 0.181. The van der Waals surface area contributed by atoms with E-state index < -0.39 is 0 Å². The van der Waals surface area contributed by atoms with Gasteiger partial charge >= 0.3 is 0 Å². The van der Waals surface area contributed by atoms with Crippen LogP contribution in [0.2, 0.25) is 0 Å². The van der Waals surface area contributed by atoms with Gasteiger partial charge in [0.15, 0.2) is 0 Å². The zero-order valence-corrected chi connectivity index (χ0v) is 13.9. The molecule has 1 saturated heterocycles. The van der Waals surface area contributed by atoms with Crippen molar-refractivity contribution in [1.29, 1.82) is 0 Å². The number of hydrogen-bond donors (Lipinski definition) is 1. The maximum Gasteiger partial charge on any atom is 0.0900 e. The monoisotopic (exact) mass is 306 g/mol. The lowest BCUT2D eigenvalue weighted by molar-refractivity contribution is -0.00799. The molecule has 0 aromatic heterocycles. The molecular weight excluding hydrogens is 276 g/mol. The molecule has 1 unspecified atom stereocenters. The summed E-state index contributed by atoms with van der Waals surface area (Å²) in [7, 11) is 0. The van der Waals surface area contributed by atoms with Crippen molar-refractivity contribution in [2.75, 3.05) is 39.3 Å². The van der Waals surface area contributed by atoms with Gasteiger partial charge in [0, 0.05) is 26.2 Å². The zero-order chi connectivity index (χ0) is 15.8. The van der Waals surface area contributed by atoms with Gasteiger partial charge in [-0.25, -0.2) is 0 Å². The van der Waals surface area contributed by atoms with Crippen LogP contribution in [0.3, 0.4) is 0 Å². The molecule has 0 amide bonds. The Hall–Kier alpha value is -0.940. The van der Waals surface area contributed by atoms with Gasteiger partial charge in [-0.05, 0) is 38.9 Å². The van der Waals surface area contributed by atoms with Crippen molar-refractivity contribution in [2.24, 2.45) is 0 Å². The first-order chi connectivity index (χ1) is 10.6. The van der Waals surface area contributed by atoms with E-state index >= 15 is 0 Å². The summed E-state index contributed by atoms with van der Waals surface area (Å²) in [5.41, 5.74) is 1.38. The summed E-state index contributed by atoms with van der Waals surface area (Å²) in [6.45, 7) is 10.4. The first-order valence-corrected chi connectivity index (χ1v) is 8.42. The molecule has 1 atom stereocenters. The summed E-state index contributed by atoms with van der Waals surface area (Å²) in [6, 6.07) is 10.6. The van der Waals surface area contributed by atoms with Crippen LogP contribution in [0.1, 0.15) is 25.8 Å². The molecule has 0 saturated carbocycles. The van der Waals surface area contributed by atoms with Crippen LogP contribution in [-0.4, -0.2) is 66.4 Å². The summed E-state index contributed by atoms with van der Waals surface area (Å²) in [4.78, 5) is 4.87. The lowest BCUT2D eigenvalue weighted by Gasteiger charge is -2.24. The van der Waals surface area contributed by atoms with Crippen LogP contribution in [0.4, 0.5) is 0 Å². The third-order valence-corrected chi connectivity index (χ3v) is 4.02. The van der Waals surface area contributed by atoms with Crippen LogP contribution in [0.25, 0.3) is 0 Å². The van der Waals surface area contributed by atoms with E-state index in [1.165, 1.54) is 5.56 Å². The highest BCUT2D eigenvalue weighted by Gasteiger charge is 2.17. The van der Waals surface area contributed by atoms with Crippen molar-refractivity contribution in [1.82, 2.24) is 9.80 Å². The van der Waals surface area contributed by atoms with Gasteiger partial charge in [-0.2, -0.15) is 0 Å². The van der Waals surface area contributed by atoms with E-state index in [0.717, 1.165) is 39.1 Å². The van der Waals surface area contributed by atoms with Gasteiger partial charge in [0.05, 0.1) is 18.8 Å². The fourth-order valence-electron chi connectivity index (χ4n) is 2.86. The Morgan fingerprint density at radius 2 is 1.73 bits per heavy atom. The molecule has 0 radical (unpaired) electrons. The Morgan fingerprint density at radius 3 is 2.45 bits per heavy atom. The number of benzene rings is 1. The molecule has 1 aliphatic heterocycles. The maximum absolute atomic E-state index is 10.1. The van der Waals surface area contributed by atoms with Crippen molar-refractivity contribution in [3.8, 4) is 0 Å². The average Bonchev–Trinajstić information content (AvgIpc) is 2.72. The molecule has 0 spiro atoms. The van der Waals surface area contributed by atoms with Gasteiger partial charge in [0.25, 0.3) is 0 Å². The molecule has 1 aromatic carbocycles. The van der Waals surface area contributed by atoms with Crippen LogP contribution in [0, 0.1) is 0 Å². The molecular formula is C18H30N2O2. The first-order valence-electron chi connectivity index (χ1n) is 8.42. The van der Waals surface area contributed by atoms with Crippen LogP contribution < -0.4 is 0 Å². The molecule has 1 heterocycles. The summed E-state index contributed by atoms with van der Waals surface area (Å²) < 4.78 is 5.49. The second kappa shape index (κ2) is 9.26. The molecule has 1 N–H and O–H groups in total. The van der Waals surface area contributed by atoms with Crippen molar-refractivity contribution >= 4 is 0 Å². The molecule has 1 aromatic rings. The number of β-amino-alcohol motifs (C(OH)–C–C–N with tert-alkyl or cyclic N) is 1. The summed E-state index contributed by atoms with van der Waals surface area (Å²) in [5, 5.41) is 10.1. The summed E-state index contributed by atoms with van der Waals surface area (Å²) >= 11 is 0. The summed E-state index contributed by atoms with van der Waals surface area (Å²) in [6.07, 6.45) is 0.952. The minimum Gasteiger partial charge on any atom is -0.389 e. The van der Waals surface area contributed by atoms with E-state index in [2.05, 4.69) is 40.1 Å². The Bertz CT molecular complexity index is 411. The SMILES string of the molecule is CC(C)OCC(O)CN1CCCN(Cc2ccccc2)CC1. The molecule has 0 aliphatic carbocycles. The third-order valence-electron chi connectivity index (χ3n) is 4.02. The number of aliphatic hydroxyl groups is 1. The Labute approximate surface area is 134 Å². The lowest BCUT2D eigenvalue weighted by atomic mass is 10.2. The third kappa shape index (κ3) is 6.44. The van der Waals surface area contributed by atoms with Gasteiger partial charge < -0.3 is 9.84 Å². The average molecular weight is 306 g/mol. The largest absolute Gasteiger partial charge is 0.389 e. The molecule has 1 fully saturated rings. The first kappa shape index (κ1) is 17.4. The predicted molar refractivity (Wildman–Crippen MR) is 89.9 cm³/mol. The second-order valence-electron chi connectivity index (χ2n) is 6.45. The highest BCUT2D eigenvalue weighted by atomic mass is 16.5. The van der Waals surface area contributed by atoms with Crippen LogP contribution in [0.5, 0.6) is 0 Å². The van der Waals surface area contributed by atoms with Crippen LogP contribution in [0.15, 0.2) is 30.3 Å². The van der Waals surface area contributed by atoms with E-state index in [0.29, 0.717) is 13.2 Å². The molecule has 4 nitrogen and oxygen atoms in total. The van der Waals surface area contributed by atoms with E-state index in [1.807, 2.05) is 13.8 Å². The van der Waals surface area contributed by atoms with Crippen molar-refractivity contribution in [2.45, 2.75) is 39.0 Å². The quantitative estimate of drug-likeness (QED) is 0.835.